The molecule has 8 nitrogen and oxygen atoms in total. The predicted molar refractivity (Wildman–Crippen MR) is 131 cm³/mol. The number of rotatable bonds is 10. The second-order valence-electron chi connectivity index (χ2n) is 10.9. The maximum atomic E-state index is 13.1. The Bertz CT molecular complexity index is 918. The number of carbonyl (C=O) groups is 2. The molecule has 0 aromatic carbocycles. The number of fused-ring (bicyclic) bond motifs is 2. The van der Waals surface area contributed by atoms with Crippen LogP contribution in [0.5, 0.6) is 0 Å². The molecule has 3 fully saturated rings. The van der Waals surface area contributed by atoms with E-state index in [9.17, 15) is 14.7 Å². The van der Waals surface area contributed by atoms with Gasteiger partial charge in [0.1, 0.15) is 11.9 Å². The van der Waals surface area contributed by atoms with Crippen LogP contribution in [-0.4, -0.2) is 60.0 Å². The first-order valence-corrected chi connectivity index (χ1v) is 13.5. The predicted octanol–water partition coefficient (Wildman–Crippen LogP) is 3.48. The van der Waals surface area contributed by atoms with Crippen molar-refractivity contribution in [1.82, 2.24) is 10.3 Å². The van der Waals surface area contributed by atoms with Gasteiger partial charge in [0.15, 0.2) is 0 Å². The highest BCUT2D eigenvalue weighted by Gasteiger charge is 2.51. The van der Waals surface area contributed by atoms with Crippen LogP contribution in [-0.2, 0) is 31.9 Å². The lowest BCUT2D eigenvalue weighted by atomic mass is 9.70. The number of carboxylic acid groups (broad SMARTS) is 1. The van der Waals surface area contributed by atoms with Gasteiger partial charge in [0.2, 0.25) is 5.91 Å². The smallest absolute Gasteiger partial charge is 0.326 e. The molecule has 8 heteroatoms. The average molecular weight is 486 g/mol. The molecule has 3 heterocycles. The van der Waals surface area contributed by atoms with Crippen molar-refractivity contribution in [3.63, 3.8) is 0 Å². The molecule has 4 aliphatic rings. The highest BCUT2D eigenvalue weighted by atomic mass is 16.5. The SMILES string of the molecule is O=C(O)C(CCOC1CC(CCc2ccc3c(n2)NCCC3)C1)NC(=O)C12CCCCC1OCC2. The molecule has 1 aromatic rings. The normalized spacial score (nSPS) is 30.3. The first-order valence-electron chi connectivity index (χ1n) is 13.5. The minimum Gasteiger partial charge on any atom is -0.480 e. The first kappa shape index (κ1) is 24.5. The summed E-state index contributed by atoms with van der Waals surface area (Å²) in [6, 6.07) is 3.45. The molecule has 35 heavy (non-hydrogen) atoms. The van der Waals surface area contributed by atoms with E-state index in [0.29, 0.717) is 25.6 Å². The van der Waals surface area contributed by atoms with E-state index in [4.69, 9.17) is 14.5 Å². The van der Waals surface area contributed by atoms with Crippen molar-refractivity contribution in [3.05, 3.63) is 23.4 Å². The number of anilines is 1. The molecular formula is C27H39N3O5. The van der Waals surface area contributed by atoms with Crippen LogP contribution in [0.15, 0.2) is 12.1 Å². The molecule has 0 radical (unpaired) electrons. The monoisotopic (exact) mass is 485 g/mol. The molecule has 1 amide bonds. The summed E-state index contributed by atoms with van der Waals surface area (Å²) in [5.74, 6) is 0.540. The molecule has 2 aliphatic heterocycles. The van der Waals surface area contributed by atoms with E-state index < -0.39 is 17.4 Å². The maximum Gasteiger partial charge on any atom is 0.326 e. The van der Waals surface area contributed by atoms with Crippen molar-refractivity contribution in [2.45, 2.75) is 95.3 Å². The topological polar surface area (TPSA) is 110 Å². The van der Waals surface area contributed by atoms with E-state index in [-0.39, 0.29) is 24.5 Å². The number of hydrogen-bond donors (Lipinski definition) is 3. The number of carbonyl (C=O) groups excluding carboxylic acids is 1. The standard InChI is InChI=1S/C27H39N3O5/c31-25(32)22(30-26(33)27-11-2-1-5-23(27)35-15-12-27)10-14-34-21-16-18(17-21)6-8-20-9-7-19-4-3-13-28-24(19)29-20/h7,9,18,21-23H,1-6,8,10-17H2,(H,28,29)(H,30,33)(H,31,32). The van der Waals surface area contributed by atoms with E-state index in [1.807, 2.05) is 0 Å². The maximum absolute atomic E-state index is 13.1. The van der Waals surface area contributed by atoms with Crippen LogP contribution in [0.25, 0.3) is 0 Å². The zero-order chi connectivity index (χ0) is 24.3. The summed E-state index contributed by atoms with van der Waals surface area (Å²) in [7, 11) is 0. The number of ether oxygens (including phenoxy) is 2. The Morgan fingerprint density at radius 2 is 2.14 bits per heavy atom. The zero-order valence-corrected chi connectivity index (χ0v) is 20.6. The number of carboxylic acids is 1. The fraction of sp³-hybridized carbons (Fsp3) is 0.741. The molecule has 1 saturated heterocycles. The number of nitrogens with one attached hydrogen (secondary N) is 2. The van der Waals surface area contributed by atoms with E-state index in [1.54, 1.807) is 0 Å². The lowest BCUT2D eigenvalue weighted by molar-refractivity contribution is -0.147. The Balaban J connectivity index is 1.02. The molecular weight excluding hydrogens is 446 g/mol. The number of pyridine rings is 1. The Morgan fingerprint density at radius 1 is 1.26 bits per heavy atom. The molecule has 3 N–H and O–H groups in total. The molecule has 5 rings (SSSR count). The summed E-state index contributed by atoms with van der Waals surface area (Å²) < 4.78 is 11.8. The molecule has 2 aliphatic carbocycles. The van der Waals surface area contributed by atoms with E-state index in [1.165, 1.54) is 12.0 Å². The van der Waals surface area contributed by atoms with Gasteiger partial charge in [0.25, 0.3) is 0 Å². The molecule has 3 unspecified atom stereocenters. The molecule has 2 saturated carbocycles. The van der Waals surface area contributed by atoms with Crippen LogP contribution in [0, 0.1) is 11.3 Å². The van der Waals surface area contributed by atoms with Crippen molar-refractivity contribution in [1.29, 1.82) is 0 Å². The van der Waals surface area contributed by atoms with Gasteiger partial charge in [-0.1, -0.05) is 18.9 Å². The van der Waals surface area contributed by atoms with Crippen LogP contribution in [0.2, 0.25) is 0 Å². The highest BCUT2D eigenvalue weighted by molar-refractivity contribution is 5.88. The van der Waals surface area contributed by atoms with Gasteiger partial charge >= 0.3 is 5.97 Å². The van der Waals surface area contributed by atoms with Gasteiger partial charge in [-0.3, -0.25) is 4.79 Å². The third kappa shape index (κ3) is 5.48. The Labute approximate surface area is 207 Å². The lowest BCUT2D eigenvalue weighted by Crippen LogP contribution is -2.53. The summed E-state index contributed by atoms with van der Waals surface area (Å²) >= 11 is 0. The van der Waals surface area contributed by atoms with Gasteiger partial charge in [-0.15, -0.1) is 0 Å². The summed E-state index contributed by atoms with van der Waals surface area (Å²) in [5, 5.41) is 15.9. The number of nitrogens with zero attached hydrogens (tertiary/aromatic N) is 1. The van der Waals surface area contributed by atoms with Crippen LogP contribution >= 0.6 is 0 Å². The summed E-state index contributed by atoms with van der Waals surface area (Å²) in [4.78, 5) is 29.7. The van der Waals surface area contributed by atoms with Gasteiger partial charge in [-0.2, -0.15) is 0 Å². The van der Waals surface area contributed by atoms with E-state index in [2.05, 4.69) is 22.8 Å². The van der Waals surface area contributed by atoms with Gasteiger partial charge < -0.3 is 25.2 Å². The third-order valence-corrected chi connectivity index (χ3v) is 8.59. The van der Waals surface area contributed by atoms with Crippen molar-refractivity contribution >= 4 is 17.7 Å². The number of amides is 1. The molecule has 1 aromatic heterocycles. The van der Waals surface area contributed by atoms with Crippen LogP contribution < -0.4 is 10.6 Å². The number of aromatic nitrogens is 1. The lowest BCUT2D eigenvalue weighted by Gasteiger charge is -2.37. The van der Waals surface area contributed by atoms with Gasteiger partial charge in [-0.05, 0) is 75.3 Å². The number of hydrogen-bond acceptors (Lipinski definition) is 6. The highest BCUT2D eigenvalue weighted by Crippen LogP contribution is 2.45. The molecule has 192 valence electrons. The van der Waals surface area contributed by atoms with E-state index >= 15 is 0 Å². The molecule has 3 atom stereocenters. The fourth-order valence-electron chi connectivity index (χ4n) is 6.31. The van der Waals surface area contributed by atoms with Crippen molar-refractivity contribution in [2.75, 3.05) is 25.1 Å². The number of aryl methyl sites for hydroxylation is 2. The molecule has 0 bridgehead atoms. The van der Waals surface area contributed by atoms with Crippen LogP contribution in [0.4, 0.5) is 5.82 Å². The average Bonchev–Trinajstić information content (AvgIpc) is 3.29. The second kappa shape index (κ2) is 10.8. The van der Waals surface area contributed by atoms with Gasteiger partial charge in [0.05, 0.1) is 17.6 Å². The fourth-order valence-corrected chi connectivity index (χ4v) is 6.31. The minimum atomic E-state index is -0.997. The Kier molecular flexibility index (Phi) is 7.58. The molecule has 0 spiro atoms. The van der Waals surface area contributed by atoms with Crippen molar-refractivity contribution < 1.29 is 24.2 Å². The van der Waals surface area contributed by atoms with Gasteiger partial charge in [0, 0.05) is 31.9 Å². The largest absolute Gasteiger partial charge is 0.480 e. The van der Waals surface area contributed by atoms with Crippen LogP contribution in [0.3, 0.4) is 0 Å². The summed E-state index contributed by atoms with van der Waals surface area (Å²) in [6.07, 6.45) is 11.2. The quantitative estimate of drug-likeness (QED) is 0.465. The summed E-state index contributed by atoms with van der Waals surface area (Å²) in [6.45, 7) is 1.94. The van der Waals surface area contributed by atoms with Crippen molar-refractivity contribution in [3.8, 4) is 0 Å². The zero-order valence-electron chi connectivity index (χ0n) is 20.6. The van der Waals surface area contributed by atoms with E-state index in [0.717, 1.165) is 75.8 Å². The minimum absolute atomic E-state index is 0.0679. The van der Waals surface area contributed by atoms with Crippen molar-refractivity contribution in [2.24, 2.45) is 11.3 Å². The van der Waals surface area contributed by atoms with Gasteiger partial charge in [-0.25, -0.2) is 9.78 Å². The van der Waals surface area contributed by atoms with Crippen LogP contribution in [0.1, 0.15) is 75.5 Å². The second-order valence-corrected chi connectivity index (χ2v) is 10.9. The Hall–Kier alpha value is -2.19. The third-order valence-electron chi connectivity index (χ3n) is 8.59. The number of aliphatic carboxylic acids is 1. The first-order chi connectivity index (χ1) is 17.0. The Morgan fingerprint density at radius 3 is 3.00 bits per heavy atom. The summed E-state index contributed by atoms with van der Waals surface area (Å²) in [5.41, 5.74) is 1.93.